The van der Waals surface area contributed by atoms with Crippen molar-refractivity contribution in [3.63, 3.8) is 0 Å². The van der Waals surface area contributed by atoms with Gasteiger partial charge in [0.05, 0.1) is 0 Å². The van der Waals surface area contributed by atoms with Crippen LogP contribution in [0.4, 0.5) is 0 Å². The van der Waals surface area contributed by atoms with E-state index in [1.807, 2.05) is 0 Å². The predicted octanol–water partition coefficient (Wildman–Crippen LogP) is 0.524. The summed E-state index contributed by atoms with van der Waals surface area (Å²) in [5.41, 5.74) is 0. The van der Waals surface area contributed by atoms with Gasteiger partial charge in [-0.15, -0.1) is 0 Å². The molecule has 1 nitrogen and oxygen atoms in total. The molecule has 0 saturated carbocycles. The van der Waals surface area contributed by atoms with Gasteiger partial charge < -0.3 is 0 Å². The summed E-state index contributed by atoms with van der Waals surface area (Å²) in [5.74, 6) is 0. The maximum Gasteiger partial charge on any atom is 0 e. The Morgan fingerprint density at radius 1 is 1.25 bits per heavy atom. The average Bonchev–Trinajstić information content (AvgIpc) is 1.00. The summed E-state index contributed by atoms with van der Waals surface area (Å²) in [7, 11) is 0. The van der Waals surface area contributed by atoms with Gasteiger partial charge in [0.1, 0.15) is 0 Å². The van der Waals surface area contributed by atoms with Crippen LogP contribution >= 0.6 is 13.5 Å². The molecule has 0 aliphatic rings. The van der Waals surface area contributed by atoms with Crippen LogP contribution in [0.25, 0.3) is 0 Å². The molecular weight excluding hydrogens is 163 g/mol. The fourth-order valence-electron chi connectivity index (χ4n) is 0. The molecule has 0 amide bonds. The molecule has 0 aromatic heterocycles. The third-order valence-electron chi connectivity index (χ3n) is 0. The van der Waals surface area contributed by atoms with Gasteiger partial charge >= 0.3 is 19.5 Å². The molecule has 2 radical (unpaired) electrons. The van der Waals surface area contributed by atoms with Gasteiger partial charge in [0.25, 0.3) is 0 Å². The topological polar surface area (TPSA) is 17.1 Å². The molecule has 0 bridgehead atoms. The van der Waals surface area contributed by atoms with Crippen LogP contribution in [0.15, 0.2) is 0 Å². The van der Waals surface area contributed by atoms with E-state index in [9.17, 15) is 0 Å². The first kappa shape index (κ1) is 19.1. The van der Waals surface area contributed by atoms with Gasteiger partial charge in [-0.2, -0.15) is 0 Å². The van der Waals surface area contributed by atoms with Crippen LogP contribution in [0.3, 0.4) is 0 Å². The summed E-state index contributed by atoms with van der Waals surface area (Å²) in [6.07, 6.45) is 0. The maximum atomic E-state index is 7.94. The molecule has 0 spiro atoms. The molecule has 4 heavy (non-hydrogen) atoms. The molecule has 0 rings (SSSR count). The van der Waals surface area contributed by atoms with E-state index in [0.29, 0.717) is 0 Å². The minimum absolute atomic E-state index is 0. The van der Waals surface area contributed by atoms with E-state index in [-0.39, 0.29) is 30.6 Å². The number of rotatable bonds is 0. The molecule has 0 saturated heterocycles. The monoisotopic (exact) mass is 163 g/mol. The van der Waals surface area contributed by atoms with Gasteiger partial charge in [-0.3, -0.25) is 0 Å². The Bertz CT molecular complexity index is 8.00. The summed E-state index contributed by atoms with van der Waals surface area (Å²) >= 11 is 2.31. The van der Waals surface area contributed by atoms with Crippen molar-refractivity contribution in [2.75, 3.05) is 0 Å². The van der Waals surface area contributed by atoms with Gasteiger partial charge in [-0.1, -0.05) is 0 Å². The minimum atomic E-state index is 0. The van der Waals surface area contributed by atoms with Crippen molar-refractivity contribution in [2.45, 2.75) is 0 Å². The van der Waals surface area contributed by atoms with Crippen molar-refractivity contribution in [3.05, 3.63) is 0 Å². The SMILES string of the molecule is [Fe].[O]=[Co].[S]. The largest absolute Gasteiger partial charge is 0 e. The fourth-order valence-corrected chi connectivity index (χ4v) is 0. The molecule has 0 aliphatic carbocycles. The zero-order chi connectivity index (χ0) is 2.00. The first-order valence-electron chi connectivity index (χ1n) is 0.136. The van der Waals surface area contributed by atoms with Crippen molar-refractivity contribution >= 4 is 13.5 Å². The molecule has 0 heterocycles. The van der Waals surface area contributed by atoms with Crippen molar-refractivity contribution in [2.24, 2.45) is 0 Å². The Hall–Kier alpha value is 1.18. The molecule has 0 aromatic rings. The minimum Gasteiger partial charge on any atom is 0 e. The summed E-state index contributed by atoms with van der Waals surface area (Å²) in [6, 6.07) is 0. The van der Waals surface area contributed by atoms with E-state index in [1.54, 1.807) is 0 Å². The second-order valence-electron chi connectivity index (χ2n) is 0. The Labute approximate surface area is 50.2 Å². The van der Waals surface area contributed by atoms with E-state index in [0.717, 1.165) is 0 Å². The summed E-state index contributed by atoms with van der Waals surface area (Å²) in [5, 5.41) is 0. The number of hydrogen-bond donors (Lipinski definition) is 0. The first-order chi connectivity index (χ1) is 1.00. The smallest absolute Gasteiger partial charge is 0 e. The van der Waals surface area contributed by atoms with Crippen LogP contribution in [0, 0.1) is 0 Å². The van der Waals surface area contributed by atoms with Crippen molar-refractivity contribution in [3.8, 4) is 0 Å². The molecule has 29 valence electrons. The molecule has 0 unspecified atom stereocenters. The van der Waals surface area contributed by atoms with Gasteiger partial charge in [0.15, 0.2) is 0 Å². The predicted molar refractivity (Wildman–Crippen MR) is 8.28 cm³/mol. The van der Waals surface area contributed by atoms with Crippen LogP contribution in [0.5, 0.6) is 0 Å². The Balaban J connectivity index is -0.00000000500. The quantitative estimate of drug-likeness (QED) is 0.475. The first-order valence-corrected chi connectivity index (χ1v) is 0.561. The van der Waals surface area contributed by atoms with Gasteiger partial charge in [0, 0.05) is 30.6 Å². The summed E-state index contributed by atoms with van der Waals surface area (Å²) < 4.78 is 7.94. The van der Waals surface area contributed by atoms with Crippen LogP contribution in [0.1, 0.15) is 0 Å². The molecule has 0 aromatic carbocycles. The van der Waals surface area contributed by atoms with Crippen LogP contribution in [-0.2, 0) is 36.6 Å². The summed E-state index contributed by atoms with van der Waals surface area (Å²) in [6.45, 7) is 0. The molecule has 0 aliphatic heterocycles. The zero-order valence-corrected chi connectivity index (χ0v) is 4.47. The van der Waals surface area contributed by atoms with Crippen LogP contribution in [0.2, 0.25) is 0 Å². The molecule has 0 N–H and O–H groups in total. The summed E-state index contributed by atoms with van der Waals surface area (Å²) in [4.78, 5) is 0. The van der Waals surface area contributed by atoms with Crippen molar-refractivity contribution in [1.82, 2.24) is 0 Å². The molecule has 0 fully saturated rings. The van der Waals surface area contributed by atoms with E-state index in [2.05, 4.69) is 15.7 Å². The van der Waals surface area contributed by atoms with Crippen LogP contribution < -0.4 is 0 Å². The van der Waals surface area contributed by atoms with E-state index < -0.39 is 0 Å². The molecular formula is CoFeOS. The second kappa shape index (κ2) is 30.5. The molecule has 4 heteroatoms. The fraction of sp³-hybridized carbons (Fsp3) is 0. The van der Waals surface area contributed by atoms with Crippen molar-refractivity contribution < 1.29 is 36.6 Å². The average molecular weight is 163 g/mol. The molecule has 0 atom stereocenters. The zero-order valence-electron chi connectivity index (χ0n) is 1.50. The van der Waals surface area contributed by atoms with E-state index >= 15 is 0 Å². The van der Waals surface area contributed by atoms with Gasteiger partial charge in [-0.25, -0.2) is 0 Å². The van der Waals surface area contributed by atoms with Crippen LogP contribution in [-0.4, -0.2) is 0 Å². The Morgan fingerprint density at radius 2 is 1.25 bits per heavy atom. The van der Waals surface area contributed by atoms with Gasteiger partial charge in [-0.05, 0) is 0 Å². The van der Waals surface area contributed by atoms with E-state index in [4.69, 9.17) is 3.87 Å². The Kier molecular flexibility index (Phi) is 145. The third kappa shape index (κ3) is 10.9. The van der Waals surface area contributed by atoms with E-state index in [1.165, 1.54) is 0 Å². The van der Waals surface area contributed by atoms with Crippen molar-refractivity contribution in [1.29, 1.82) is 0 Å². The standard InChI is InChI=1S/Co.Fe.O.S. The second-order valence-corrected chi connectivity index (χ2v) is 0. The van der Waals surface area contributed by atoms with Gasteiger partial charge in [0.2, 0.25) is 0 Å². The Morgan fingerprint density at radius 3 is 1.25 bits per heavy atom. The maximum absolute atomic E-state index is 7.94. The number of hydrogen-bond acceptors (Lipinski definition) is 1. The third-order valence-corrected chi connectivity index (χ3v) is 0. The normalized spacial score (nSPS) is 1.25.